The van der Waals surface area contributed by atoms with E-state index in [0.29, 0.717) is 0 Å². The van der Waals surface area contributed by atoms with Crippen LogP contribution in [-0.2, 0) is 12.8 Å². The normalized spacial score (nSPS) is 10.7. The predicted octanol–water partition coefficient (Wildman–Crippen LogP) is 4.96. The molecule has 0 saturated carbocycles. The van der Waals surface area contributed by atoms with Crippen LogP contribution in [0.5, 0.6) is 0 Å². The highest BCUT2D eigenvalue weighted by atomic mass is 14.7. The summed E-state index contributed by atoms with van der Waals surface area (Å²) in [6.07, 6.45) is 5.85. The zero-order valence-corrected chi connectivity index (χ0v) is 12.2. The third kappa shape index (κ3) is 5.89. The predicted molar refractivity (Wildman–Crippen MR) is 75.0 cm³/mol. The molecule has 0 unspecified atom stereocenters. The van der Waals surface area contributed by atoms with Gasteiger partial charge in [0.1, 0.15) is 0 Å². The van der Waals surface area contributed by atoms with Crippen molar-refractivity contribution in [2.24, 2.45) is 0 Å². The SMILES string of the molecule is CC.CC.CC.Cc1cc2c(cn1)CCC2. The van der Waals surface area contributed by atoms with Crippen LogP contribution >= 0.6 is 0 Å². The molecule has 2 rings (SSSR count). The second kappa shape index (κ2) is 12.2. The van der Waals surface area contributed by atoms with E-state index in [1.54, 1.807) is 0 Å². The summed E-state index contributed by atoms with van der Waals surface area (Å²) >= 11 is 0. The molecule has 0 atom stereocenters. The largest absolute Gasteiger partial charge is 0.261 e. The summed E-state index contributed by atoms with van der Waals surface area (Å²) in [6, 6.07) is 2.21. The number of rotatable bonds is 0. The summed E-state index contributed by atoms with van der Waals surface area (Å²) < 4.78 is 0. The van der Waals surface area contributed by atoms with Crippen molar-refractivity contribution in [1.29, 1.82) is 0 Å². The van der Waals surface area contributed by atoms with Gasteiger partial charge in [-0.25, -0.2) is 0 Å². The molecule has 1 aliphatic rings. The van der Waals surface area contributed by atoms with E-state index in [4.69, 9.17) is 0 Å². The van der Waals surface area contributed by atoms with E-state index < -0.39 is 0 Å². The maximum atomic E-state index is 4.25. The Morgan fingerprint density at radius 1 is 0.875 bits per heavy atom. The van der Waals surface area contributed by atoms with Crippen LogP contribution in [0.4, 0.5) is 0 Å². The van der Waals surface area contributed by atoms with Crippen LogP contribution in [0, 0.1) is 6.92 Å². The summed E-state index contributed by atoms with van der Waals surface area (Å²) in [5, 5.41) is 0. The number of pyridine rings is 1. The topological polar surface area (TPSA) is 12.9 Å². The van der Waals surface area contributed by atoms with Gasteiger partial charge < -0.3 is 0 Å². The van der Waals surface area contributed by atoms with Gasteiger partial charge in [0.2, 0.25) is 0 Å². The first-order valence-corrected chi connectivity index (χ1v) is 6.80. The van der Waals surface area contributed by atoms with Gasteiger partial charge in [-0.1, -0.05) is 41.5 Å². The lowest BCUT2D eigenvalue weighted by atomic mass is 10.2. The molecular formula is C15H29N. The fraction of sp³-hybridized carbons (Fsp3) is 0.667. The van der Waals surface area contributed by atoms with Crippen LogP contribution in [0.15, 0.2) is 12.3 Å². The Bertz CT molecular complexity index is 254. The molecule has 0 saturated heterocycles. The second-order valence-corrected chi connectivity index (χ2v) is 2.95. The first kappa shape index (κ1) is 17.5. The lowest BCUT2D eigenvalue weighted by Gasteiger charge is -1.97. The fourth-order valence-electron chi connectivity index (χ4n) is 1.57. The summed E-state index contributed by atoms with van der Waals surface area (Å²) in [5.41, 5.74) is 4.14. The van der Waals surface area contributed by atoms with Gasteiger partial charge in [-0.2, -0.15) is 0 Å². The van der Waals surface area contributed by atoms with Crippen LogP contribution < -0.4 is 0 Å². The van der Waals surface area contributed by atoms with Crippen molar-refractivity contribution < 1.29 is 0 Å². The molecule has 1 heterocycles. The van der Waals surface area contributed by atoms with Crippen LogP contribution in [0.1, 0.15) is 64.8 Å². The number of aryl methyl sites for hydroxylation is 3. The summed E-state index contributed by atoms with van der Waals surface area (Å²) in [5.74, 6) is 0. The first-order valence-electron chi connectivity index (χ1n) is 6.80. The van der Waals surface area contributed by atoms with Crippen molar-refractivity contribution >= 4 is 0 Å². The average molecular weight is 223 g/mol. The highest BCUT2D eigenvalue weighted by molar-refractivity contribution is 5.29. The summed E-state index contributed by atoms with van der Waals surface area (Å²) in [4.78, 5) is 4.25. The molecule has 0 bridgehead atoms. The van der Waals surface area contributed by atoms with Crippen molar-refractivity contribution in [3.8, 4) is 0 Å². The molecule has 0 N–H and O–H groups in total. The lowest BCUT2D eigenvalue weighted by Crippen LogP contribution is -1.86. The van der Waals surface area contributed by atoms with Gasteiger partial charge in [0.25, 0.3) is 0 Å². The van der Waals surface area contributed by atoms with Crippen molar-refractivity contribution in [2.75, 3.05) is 0 Å². The van der Waals surface area contributed by atoms with E-state index in [9.17, 15) is 0 Å². The molecule has 1 aromatic heterocycles. The van der Waals surface area contributed by atoms with Gasteiger partial charge in [0, 0.05) is 11.9 Å². The minimum absolute atomic E-state index is 1.15. The van der Waals surface area contributed by atoms with Gasteiger partial charge in [-0.05, 0) is 43.4 Å². The molecule has 1 aliphatic carbocycles. The molecule has 1 nitrogen and oxygen atoms in total. The standard InChI is InChI=1S/C9H11N.3C2H6/c1-7-5-8-3-2-4-9(8)6-10-7;3*1-2/h5-6H,2-4H2,1H3;3*1-2H3. The third-order valence-electron chi connectivity index (χ3n) is 2.11. The maximum absolute atomic E-state index is 4.25. The smallest absolute Gasteiger partial charge is 0.0375 e. The second-order valence-electron chi connectivity index (χ2n) is 2.95. The van der Waals surface area contributed by atoms with Gasteiger partial charge >= 0.3 is 0 Å². The summed E-state index contributed by atoms with van der Waals surface area (Å²) in [6.45, 7) is 14.1. The molecule has 0 aromatic carbocycles. The highest BCUT2D eigenvalue weighted by Gasteiger charge is 2.09. The van der Waals surface area contributed by atoms with Crippen LogP contribution in [-0.4, -0.2) is 4.98 Å². The minimum atomic E-state index is 1.15. The Hall–Kier alpha value is -0.850. The van der Waals surface area contributed by atoms with Crippen molar-refractivity contribution in [3.05, 3.63) is 29.1 Å². The Labute approximate surface area is 102 Å². The van der Waals surface area contributed by atoms with Crippen molar-refractivity contribution in [1.82, 2.24) is 4.98 Å². The number of hydrogen-bond donors (Lipinski definition) is 0. The monoisotopic (exact) mass is 223 g/mol. The first-order chi connectivity index (χ1) is 7.86. The molecule has 0 aliphatic heterocycles. The van der Waals surface area contributed by atoms with Crippen LogP contribution in [0.25, 0.3) is 0 Å². The Morgan fingerprint density at radius 2 is 1.38 bits per heavy atom. The van der Waals surface area contributed by atoms with E-state index in [1.807, 2.05) is 47.7 Å². The lowest BCUT2D eigenvalue weighted by molar-refractivity contribution is 0.911. The molecule has 16 heavy (non-hydrogen) atoms. The van der Waals surface area contributed by atoms with E-state index >= 15 is 0 Å². The molecule has 0 radical (unpaired) electrons. The molecule has 0 fully saturated rings. The van der Waals surface area contributed by atoms with Gasteiger partial charge in [0.05, 0.1) is 0 Å². The highest BCUT2D eigenvalue weighted by Crippen LogP contribution is 2.20. The Morgan fingerprint density at radius 3 is 1.94 bits per heavy atom. The van der Waals surface area contributed by atoms with Crippen LogP contribution in [0.2, 0.25) is 0 Å². The molecule has 1 aromatic rings. The van der Waals surface area contributed by atoms with Gasteiger partial charge in [-0.15, -0.1) is 0 Å². The van der Waals surface area contributed by atoms with E-state index in [-0.39, 0.29) is 0 Å². The van der Waals surface area contributed by atoms with Gasteiger partial charge in [0.15, 0.2) is 0 Å². The molecule has 0 amide bonds. The number of nitrogens with zero attached hydrogens (tertiary/aromatic N) is 1. The number of aromatic nitrogens is 1. The van der Waals surface area contributed by atoms with Crippen molar-refractivity contribution in [3.63, 3.8) is 0 Å². The Balaban J connectivity index is 0. The molecule has 1 heteroatoms. The molecular weight excluding hydrogens is 194 g/mol. The summed E-state index contributed by atoms with van der Waals surface area (Å²) in [7, 11) is 0. The van der Waals surface area contributed by atoms with Crippen molar-refractivity contribution in [2.45, 2.75) is 67.7 Å². The van der Waals surface area contributed by atoms with E-state index in [2.05, 4.69) is 18.0 Å². The third-order valence-corrected chi connectivity index (χ3v) is 2.11. The quantitative estimate of drug-likeness (QED) is 0.606. The van der Waals surface area contributed by atoms with E-state index in [0.717, 1.165) is 5.69 Å². The fourth-order valence-corrected chi connectivity index (χ4v) is 1.57. The van der Waals surface area contributed by atoms with Crippen LogP contribution in [0.3, 0.4) is 0 Å². The van der Waals surface area contributed by atoms with Gasteiger partial charge in [-0.3, -0.25) is 4.98 Å². The molecule has 0 spiro atoms. The number of hydrogen-bond acceptors (Lipinski definition) is 1. The zero-order chi connectivity index (χ0) is 13.0. The molecule has 94 valence electrons. The maximum Gasteiger partial charge on any atom is 0.0375 e. The minimum Gasteiger partial charge on any atom is -0.261 e. The Kier molecular flexibility index (Phi) is 13.4. The number of fused-ring (bicyclic) bond motifs is 1. The van der Waals surface area contributed by atoms with E-state index in [1.165, 1.54) is 30.4 Å². The average Bonchev–Trinajstić information content (AvgIpc) is 2.84. The zero-order valence-electron chi connectivity index (χ0n) is 12.2.